The van der Waals surface area contributed by atoms with Crippen molar-refractivity contribution in [3.8, 4) is 11.5 Å². The maximum atomic E-state index is 11.2. The minimum absolute atomic E-state index is 0.0211. The Kier molecular flexibility index (Phi) is 2.93. The van der Waals surface area contributed by atoms with Crippen LogP contribution >= 0.6 is 0 Å². The summed E-state index contributed by atoms with van der Waals surface area (Å²) in [6.45, 7) is 7.39. The molecule has 0 aliphatic carbocycles. The summed E-state index contributed by atoms with van der Waals surface area (Å²) in [7, 11) is 0. The molecule has 0 unspecified atom stereocenters. The Labute approximate surface area is 82.6 Å². The molecule has 0 aliphatic rings. The SMILES string of the molecule is CC(C)/N=c1/c(OC(C)C)c(O)c1=O. The molecule has 1 aromatic rings. The van der Waals surface area contributed by atoms with Crippen LogP contribution in [0.1, 0.15) is 27.7 Å². The molecule has 0 aliphatic heterocycles. The molecule has 0 atom stereocenters. The fraction of sp³-hybridized carbons (Fsp3) is 0.600. The van der Waals surface area contributed by atoms with Crippen LogP contribution in [0.25, 0.3) is 0 Å². The summed E-state index contributed by atoms with van der Waals surface area (Å²) in [6, 6.07) is 0.0211. The molecule has 0 radical (unpaired) electrons. The predicted molar refractivity (Wildman–Crippen MR) is 53.2 cm³/mol. The quantitative estimate of drug-likeness (QED) is 0.776. The van der Waals surface area contributed by atoms with Gasteiger partial charge in [0.2, 0.25) is 5.75 Å². The molecule has 1 N–H and O–H groups in total. The first-order valence-electron chi connectivity index (χ1n) is 4.66. The van der Waals surface area contributed by atoms with Crippen molar-refractivity contribution in [1.29, 1.82) is 0 Å². The van der Waals surface area contributed by atoms with Crippen molar-refractivity contribution in [2.45, 2.75) is 39.8 Å². The Morgan fingerprint density at radius 3 is 2.29 bits per heavy atom. The van der Waals surface area contributed by atoms with Crippen LogP contribution in [0, 0.1) is 0 Å². The average Bonchev–Trinajstić information content (AvgIpc) is 2.09. The molecular formula is C10H15NO3. The average molecular weight is 197 g/mol. The number of rotatable bonds is 3. The van der Waals surface area contributed by atoms with Gasteiger partial charge >= 0.3 is 0 Å². The van der Waals surface area contributed by atoms with Crippen LogP contribution in [0.4, 0.5) is 0 Å². The van der Waals surface area contributed by atoms with Crippen molar-refractivity contribution < 1.29 is 9.84 Å². The standard InChI is InChI=1S/C10H15NO3/c1-5(2)11-7-8(12)9(13)10(7)14-6(3)4/h5-6,13H,1-4H3/b11-7+. The van der Waals surface area contributed by atoms with Crippen molar-refractivity contribution in [3.05, 3.63) is 15.6 Å². The van der Waals surface area contributed by atoms with Gasteiger partial charge in [-0.05, 0) is 27.7 Å². The summed E-state index contributed by atoms with van der Waals surface area (Å²) in [6.07, 6.45) is -0.0717. The van der Waals surface area contributed by atoms with E-state index in [1.54, 1.807) is 0 Å². The Morgan fingerprint density at radius 2 is 1.86 bits per heavy atom. The maximum absolute atomic E-state index is 11.2. The fourth-order valence-corrected chi connectivity index (χ4v) is 1.09. The third kappa shape index (κ3) is 1.95. The first-order chi connectivity index (χ1) is 6.43. The van der Waals surface area contributed by atoms with Gasteiger partial charge in [0.05, 0.1) is 6.10 Å². The number of nitrogens with zero attached hydrogens (tertiary/aromatic N) is 1. The van der Waals surface area contributed by atoms with Gasteiger partial charge in [0.25, 0.3) is 5.43 Å². The van der Waals surface area contributed by atoms with E-state index in [0.717, 1.165) is 0 Å². The van der Waals surface area contributed by atoms with Crippen LogP contribution in [0.15, 0.2) is 9.79 Å². The fourth-order valence-electron chi connectivity index (χ4n) is 1.09. The third-order valence-electron chi connectivity index (χ3n) is 1.60. The summed E-state index contributed by atoms with van der Waals surface area (Å²) >= 11 is 0. The molecule has 14 heavy (non-hydrogen) atoms. The van der Waals surface area contributed by atoms with Crippen molar-refractivity contribution in [1.82, 2.24) is 0 Å². The summed E-state index contributed by atoms with van der Waals surface area (Å²) in [4.78, 5) is 15.2. The Hall–Kier alpha value is -1.32. The van der Waals surface area contributed by atoms with Gasteiger partial charge in [-0.25, -0.2) is 0 Å². The minimum atomic E-state index is -0.422. The molecule has 0 bridgehead atoms. The van der Waals surface area contributed by atoms with Crippen LogP contribution < -0.4 is 15.5 Å². The summed E-state index contributed by atoms with van der Waals surface area (Å²) < 4.78 is 5.26. The van der Waals surface area contributed by atoms with E-state index in [0.29, 0.717) is 0 Å². The van der Waals surface area contributed by atoms with Crippen LogP contribution in [0.3, 0.4) is 0 Å². The Bertz CT molecular complexity index is 397. The Morgan fingerprint density at radius 1 is 1.29 bits per heavy atom. The number of aromatic hydroxyl groups is 1. The zero-order chi connectivity index (χ0) is 10.9. The molecule has 4 nitrogen and oxygen atoms in total. The van der Waals surface area contributed by atoms with Gasteiger partial charge in [-0.1, -0.05) is 0 Å². The molecule has 0 amide bonds. The molecule has 1 aromatic carbocycles. The second-order valence-corrected chi connectivity index (χ2v) is 3.74. The lowest BCUT2D eigenvalue weighted by atomic mass is 10.2. The summed E-state index contributed by atoms with van der Waals surface area (Å²) in [5, 5.41) is 9.49. The molecule has 0 fully saturated rings. The molecule has 78 valence electrons. The van der Waals surface area contributed by atoms with E-state index in [4.69, 9.17) is 4.74 Å². The lowest BCUT2D eigenvalue weighted by Gasteiger charge is -2.13. The van der Waals surface area contributed by atoms with E-state index in [1.807, 2.05) is 27.7 Å². The molecule has 1 rings (SSSR count). The van der Waals surface area contributed by atoms with Gasteiger partial charge in [-0.2, -0.15) is 0 Å². The number of hydrogen-bond acceptors (Lipinski definition) is 4. The van der Waals surface area contributed by atoms with Gasteiger partial charge < -0.3 is 9.84 Å². The second-order valence-electron chi connectivity index (χ2n) is 3.74. The van der Waals surface area contributed by atoms with Gasteiger partial charge in [-0.3, -0.25) is 9.79 Å². The lowest BCUT2D eigenvalue weighted by Crippen LogP contribution is -2.35. The largest absolute Gasteiger partial charge is 0.501 e. The maximum Gasteiger partial charge on any atom is 0.253 e. The van der Waals surface area contributed by atoms with E-state index in [9.17, 15) is 9.90 Å². The summed E-state index contributed by atoms with van der Waals surface area (Å²) in [5.41, 5.74) is -0.422. The highest BCUT2D eigenvalue weighted by Crippen LogP contribution is 2.19. The zero-order valence-corrected chi connectivity index (χ0v) is 8.87. The van der Waals surface area contributed by atoms with Crippen molar-refractivity contribution >= 4 is 0 Å². The second kappa shape index (κ2) is 3.82. The highest BCUT2D eigenvalue weighted by Gasteiger charge is 2.20. The van der Waals surface area contributed by atoms with Crippen LogP contribution in [0.5, 0.6) is 11.5 Å². The lowest BCUT2D eigenvalue weighted by molar-refractivity contribution is 0.222. The molecule has 0 aromatic heterocycles. The highest BCUT2D eigenvalue weighted by atomic mass is 16.5. The van der Waals surface area contributed by atoms with E-state index in [1.165, 1.54) is 0 Å². The van der Waals surface area contributed by atoms with Crippen LogP contribution in [-0.2, 0) is 0 Å². The van der Waals surface area contributed by atoms with Crippen LogP contribution in [-0.4, -0.2) is 17.3 Å². The normalized spacial score (nSPS) is 13.1. The number of hydrogen-bond donors (Lipinski definition) is 1. The molecular weight excluding hydrogens is 182 g/mol. The van der Waals surface area contributed by atoms with Crippen molar-refractivity contribution in [2.75, 3.05) is 0 Å². The van der Waals surface area contributed by atoms with Crippen molar-refractivity contribution in [3.63, 3.8) is 0 Å². The van der Waals surface area contributed by atoms with E-state index in [-0.39, 0.29) is 29.0 Å². The van der Waals surface area contributed by atoms with E-state index >= 15 is 0 Å². The van der Waals surface area contributed by atoms with Gasteiger partial charge in [0.15, 0.2) is 11.1 Å². The highest BCUT2D eigenvalue weighted by molar-refractivity contribution is 5.44. The molecule has 0 spiro atoms. The molecule has 4 heteroatoms. The van der Waals surface area contributed by atoms with E-state index < -0.39 is 5.43 Å². The predicted octanol–water partition coefficient (Wildman–Crippen LogP) is 0.724. The zero-order valence-electron chi connectivity index (χ0n) is 8.87. The first kappa shape index (κ1) is 10.8. The topological polar surface area (TPSA) is 58.9 Å². The van der Waals surface area contributed by atoms with Crippen LogP contribution in [0.2, 0.25) is 0 Å². The summed E-state index contributed by atoms with van der Waals surface area (Å²) in [5.74, 6) is -0.0724. The first-order valence-corrected chi connectivity index (χ1v) is 4.66. The van der Waals surface area contributed by atoms with Crippen molar-refractivity contribution in [2.24, 2.45) is 4.99 Å². The Balaban J connectivity index is 3.07. The molecule has 0 saturated heterocycles. The van der Waals surface area contributed by atoms with E-state index in [2.05, 4.69) is 4.99 Å². The molecule has 0 heterocycles. The third-order valence-corrected chi connectivity index (χ3v) is 1.60. The molecule has 0 saturated carbocycles. The van der Waals surface area contributed by atoms with Gasteiger partial charge in [-0.15, -0.1) is 0 Å². The monoisotopic (exact) mass is 197 g/mol. The van der Waals surface area contributed by atoms with Gasteiger partial charge in [0, 0.05) is 6.04 Å². The number of ether oxygens (including phenoxy) is 1. The van der Waals surface area contributed by atoms with Gasteiger partial charge in [0.1, 0.15) is 0 Å². The minimum Gasteiger partial charge on any atom is -0.501 e. The smallest absolute Gasteiger partial charge is 0.253 e.